The Labute approximate surface area is 192 Å². The number of aryl methyl sites for hydroxylation is 2. The van der Waals surface area contributed by atoms with Gasteiger partial charge in [-0.3, -0.25) is 9.59 Å². The second-order valence-corrected chi connectivity index (χ2v) is 9.56. The largest absolute Gasteiger partial charge is 0.347 e. The van der Waals surface area contributed by atoms with Crippen molar-refractivity contribution >= 4 is 29.3 Å². The van der Waals surface area contributed by atoms with Crippen molar-refractivity contribution in [3.63, 3.8) is 0 Å². The molecule has 3 aliphatic heterocycles. The number of amides is 2. The fraction of sp³-hybridized carbons (Fsp3) is 0.458. The van der Waals surface area contributed by atoms with Crippen LogP contribution in [0.5, 0.6) is 0 Å². The first-order valence-electron chi connectivity index (χ1n) is 11.0. The molecule has 0 unspecified atom stereocenters. The molecule has 1 aromatic heterocycles. The molecule has 0 radical (unpaired) electrons. The molecule has 1 spiro atoms. The van der Waals surface area contributed by atoms with Gasteiger partial charge in [-0.2, -0.15) is 0 Å². The third kappa shape index (κ3) is 4.02. The Balaban J connectivity index is 1.28. The van der Waals surface area contributed by atoms with Crippen LogP contribution in [-0.4, -0.2) is 59.5 Å². The van der Waals surface area contributed by atoms with E-state index in [9.17, 15) is 9.59 Å². The van der Waals surface area contributed by atoms with E-state index < -0.39 is 5.79 Å². The van der Waals surface area contributed by atoms with Crippen LogP contribution >= 0.6 is 11.8 Å². The van der Waals surface area contributed by atoms with Crippen molar-refractivity contribution in [2.24, 2.45) is 0 Å². The Morgan fingerprint density at radius 1 is 1.12 bits per heavy atom. The van der Waals surface area contributed by atoms with Crippen LogP contribution in [-0.2, 0) is 20.8 Å². The molecule has 1 aromatic carbocycles. The lowest BCUT2D eigenvalue weighted by molar-refractivity contribution is -0.181. The van der Waals surface area contributed by atoms with Crippen LogP contribution in [0.1, 0.15) is 40.0 Å². The van der Waals surface area contributed by atoms with Crippen molar-refractivity contribution in [1.29, 1.82) is 0 Å². The van der Waals surface area contributed by atoms with Crippen LogP contribution in [0.4, 0.5) is 5.69 Å². The Morgan fingerprint density at radius 3 is 2.50 bits per heavy atom. The molecule has 3 aliphatic rings. The summed E-state index contributed by atoms with van der Waals surface area (Å²) in [5.74, 6) is 0.0103. The number of carbonyl (C=O) groups is 2. The molecule has 32 heavy (non-hydrogen) atoms. The van der Waals surface area contributed by atoms with Crippen molar-refractivity contribution in [2.75, 3.05) is 37.0 Å². The molecule has 2 saturated heterocycles. The number of aromatic nitrogens is 1. The normalized spacial score (nSPS) is 20.0. The number of benzene rings is 1. The minimum absolute atomic E-state index is 0.0238. The predicted octanol–water partition coefficient (Wildman–Crippen LogP) is 3.32. The molecule has 2 amide bonds. The standard InChI is InChI=1S/C24H27N3O4S/c1-16-13-17(2)25-22-21(16)27(20(28)15-32-22)14-18-3-5-19(6-4-18)23(29)26-9-7-24(8-10-26)30-11-12-31-24/h3-6,13H,7-12,14-15H2,1-2H3. The lowest BCUT2D eigenvalue weighted by Gasteiger charge is -2.37. The van der Waals surface area contributed by atoms with Crippen molar-refractivity contribution in [3.8, 4) is 0 Å². The fourth-order valence-electron chi connectivity index (χ4n) is 4.68. The summed E-state index contributed by atoms with van der Waals surface area (Å²) < 4.78 is 11.5. The van der Waals surface area contributed by atoms with E-state index in [1.54, 1.807) is 0 Å². The Kier molecular flexibility index (Phi) is 5.69. The molecule has 5 rings (SSSR count). The molecule has 0 N–H and O–H groups in total. The number of likely N-dealkylation sites (tertiary alicyclic amines) is 1. The minimum Gasteiger partial charge on any atom is -0.347 e. The molecule has 0 atom stereocenters. The fourth-order valence-corrected chi connectivity index (χ4v) is 5.71. The smallest absolute Gasteiger partial charge is 0.253 e. The van der Waals surface area contributed by atoms with Gasteiger partial charge in [-0.1, -0.05) is 23.9 Å². The number of pyridine rings is 1. The second-order valence-electron chi connectivity index (χ2n) is 8.60. The number of rotatable bonds is 3. The first-order valence-corrected chi connectivity index (χ1v) is 12.0. The summed E-state index contributed by atoms with van der Waals surface area (Å²) >= 11 is 1.50. The van der Waals surface area contributed by atoms with Gasteiger partial charge in [0, 0.05) is 37.2 Å². The number of hydrogen-bond donors (Lipinski definition) is 0. The molecule has 2 aromatic rings. The lowest BCUT2D eigenvalue weighted by atomic mass is 10.0. The molecule has 4 heterocycles. The molecule has 8 heteroatoms. The highest BCUT2D eigenvalue weighted by Gasteiger charge is 2.40. The van der Waals surface area contributed by atoms with Crippen molar-refractivity contribution in [3.05, 3.63) is 52.7 Å². The molecule has 0 saturated carbocycles. The van der Waals surface area contributed by atoms with E-state index >= 15 is 0 Å². The highest BCUT2D eigenvalue weighted by molar-refractivity contribution is 8.00. The number of carbonyl (C=O) groups excluding carboxylic acids is 2. The van der Waals surface area contributed by atoms with Gasteiger partial charge >= 0.3 is 0 Å². The minimum atomic E-state index is -0.484. The van der Waals surface area contributed by atoms with Gasteiger partial charge in [0.1, 0.15) is 5.03 Å². The Bertz CT molecular complexity index is 1040. The highest BCUT2D eigenvalue weighted by atomic mass is 32.2. The van der Waals surface area contributed by atoms with Crippen LogP contribution < -0.4 is 4.90 Å². The van der Waals surface area contributed by atoms with E-state index in [1.807, 2.05) is 54.0 Å². The van der Waals surface area contributed by atoms with Gasteiger partial charge in [0.15, 0.2) is 5.79 Å². The predicted molar refractivity (Wildman–Crippen MR) is 122 cm³/mol. The van der Waals surface area contributed by atoms with Gasteiger partial charge < -0.3 is 19.3 Å². The summed E-state index contributed by atoms with van der Waals surface area (Å²) in [5.41, 5.74) is 4.56. The topological polar surface area (TPSA) is 72.0 Å². The number of anilines is 1. The Hall–Kier alpha value is -2.42. The molecule has 7 nitrogen and oxygen atoms in total. The molecular formula is C24H27N3O4S. The second kappa shape index (κ2) is 8.50. The van der Waals surface area contributed by atoms with Gasteiger partial charge in [-0.25, -0.2) is 4.98 Å². The van der Waals surface area contributed by atoms with E-state index in [4.69, 9.17) is 9.47 Å². The van der Waals surface area contributed by atoms with Gasteiger partial charge in [-0.05, 0) is 43.2 Å². The van der Waals surface area contributed by atoms with Crippen LogP contribution in [0.15, 0.2) is 35.4 Å². The molecule has 2 fully saturated rings. The van der Waals surface area contributed by atoms with Gasteiger partial charge in [0.25, 0.3) is 5.91 Å². The van der Waals surface area contributed by atoms with Crippen LogP contribution in [0, 0.1) is 13.8 Å². The monoisotopic (exact) mass is 453 g/mol. The van der Waals surface area contributed by atoms with E-state index in [0.717, 1.165) is 27.5 Å². The van der Waals surface area contributed by atoms with Gasteiger partial charge in [0.05, 0.1) is 31.2 Å². The summed E-state index contributed by atoms with van der Waals surface area (Å²) in [7, 11) is 0. The van der Waals surface area contributed by atoms with E-state index in [-0.39, 0.29) is 11.8 Å². The van der Waals surface area contributed by atoms with E-state index in [0.29, 0.717) is 57.0 Å². The quantitative estimate of drug-likeness (QED) is 0.710. The average Bonchev–Trinajstić information content (AvgIpc) is 3.24. The summed E-state index contributed by atoms with van der Waals surface area (Å²) in [5, 5.41) is 0.909. The van der Waals surface area contributed by atoms with Crippen molar-refractivity contribution < 1.29 is 19.1 Å². The first-order chi connectivity index (χ1) is 15.4. The number of fused-ring (bicyclic) bond motifs is 1. The summed E-state index contributed by atoms with van der Waals surface area (Å²) in [6.07, 6.45) is 1.41. The number of nitrogens with zero attached hydrogens (tertiary/aromatic N) is 3. The molecule has 168 valence electrons. The maximum absolute atomic E-state index is 13.0. The molecule has 0 aliphatic carbocycles. The third-order valence-electron chi connectivity index (χ3n) is 6.35. The van der Waals surface area contributed by atoms with Crippen molar-refractivity contribution in [2.45, 2.75) is 44.0 Å². The SMILES string of the molecule is Cc1cc(C)c2c(n1)SCC(=O)N2Cc1ccc(C(=O)N2CCC3(CC2)OCCO3)cc1. The average molecular weight is 454 g/mol. The summed E-state index contributed by atoms with van der Waals surface area (Å²) in [4.78, 5) is 33.9. The number of piperidine rings is 1. The van der Waals surface area contributed by atoms with Gasteiger partial charge in [0.2, 0.25) is 5.91 Å². The third-order valence-corrected chi connectivity index (χ3v) is 7.30. The van der Waals surface area contributed by atoms with Crippen LogP contribution in [0.2, 0.25) is 0 Å². The van der Waals surface area contributed by atoms with Crippen LogP contribution in [0.25, 0.3) is 0 Å². The lowest BCUT2D eigenvalue weighted by Crippen LogP contribution is -2.47. The van der Waals surface area contributed by atoms with Crippen molar-refractivity contribution in [1.82, 2.24) is 9.88 Å². The maximum atomic E-state index is 13.0. The summed E-state index contributed by atoms with van der Waals surface area (Å²) in [6, 6.07) is 9.60. The number of thioether (sulfide) groups is 1. The zero-order valence-corrected chi connectivity index (χ0v) is 19.2. The number of ether oxygens (including phenoxy) is 2. The zero-order chi connectivity index (χ0) is 22.3. The first kappa shape index (κ1) is 21.4. The number of hydrogen-bond acceptors (Lipinski definition) is 6. The summed E-state index contributed by atoms with van der Waals surface area (Å²) in [6.45, 7) is 6.98. The zero-order valence-electron chi connectivity index (χ0n) is 18.4. The van der Waals surface area contributed by atoms with Crippen LogP contribution in [0.3, 0.4) is 0 Å². The highest BCUT2D eigenvalue weighted by Crippen LogP contribution is 2.37. The maximum Gasteiger partial charge on any atom is 0.253 e. The van der Waals surface area contributed by atoms with E-state index in [2.05, 4.69) is 4.98 Å². The van der Waals surface area contributed by atoms with Gasteiger partial charge in [-0.15, -0.1) is 0 Å². The van der Waals surface area contributed by atoms with E-state index in [1.165, 1.54) is 11.8 Å². The molecule has 0 bridgehead atoms. The Morgan fingerprint density at radius 2 is 1.81 bits per heavy atom. The molecular weight excluding hydrogens is 426 g/mol.